The van der Waals surface area contributed by atoms with E-state index in [1.807, 2.05) is 18.2 Å². The first-order valence-electron chi connectivity index (χ1n) is 12.4. The number of halogens is 3. The fourth-order valence-electron chi connectivity index (χ4n) is 6.08. The summed E-state index contributed by atoms with van der Waals surface area (Å²) in [5, 5.41) is 4.87. The van der Waals surface area contributed by atoms with Gasteiger partial charge in [-0.05, 0) is 55.0 Å². The van der Waals surface area contributed by atoms with Crippen molar-refractivity contribution in [3.63, 3.8) is 0 Å². The lowest BCUT2D eigenvalue weighted by molar-refractivity contribution is -0.274. The number of para-hydroxylation sites is 1. The van der Waals surface area contributed by atoms with Crippen LogP contribution in [0.1, 0.15) is 54.6 Å². The van der Waals surface area contributed by atoms with E-state index >= 15 is 0 Å². The van der Waals surface area contributed by atoms with Crippen molar-refractivity contribution in [2.75, 3.05) is 7.11 Å². The summed E-state index contributed by atoms with van der Waals surface area (Å²) in [6.45, 7) is 0. The summed E-state index contributed by atoms with van der Waals surface area (Å²) in [7, 11) is 1.40. The zero-order chi connectivity index (χ0) is 25.0. The molecule has 2 aromatic carbocycles. The van der Waals surface area contributed by atoms with Crippen LogP contribution in [0.25, 0.3) is 10.9 Å². The lowest BCUT2D eigenvalue weighted by Crippen LogP contribution is -2.55. The van der Waals surface area contributed by atoms with Gasteiger partial charge in [0, 0.05) is 41.1 Å². The second kappa shape index (κ2) is 8.81. The van der Waals surface area contributed by atoms with Gasteiger partial charge >= 0.3 is 12.3 Å². The summed E-state index contributed by atoms with van der Waals surface area (Å²) in [6, 6.07) is 14.2. The number of H-pyrrole nitrogens is 1. The summed E-state index contributed by atoms with van der Waals surface area (Å²) in [4.78, 5) is 19.0. The molecule has 0 radical (unpaired) electrons. The first-order valence-corrected chi connectivity index (χ1v) is 12.4. The second-order valence-corrected chi connectivity index (χ2v) is 10.0. The normalized spacial score (nSPS) is 26.3. The molecular weight excluding hydrogens is 471 g/mol. The lowest BCUT2D eigenvalue weighted by atomic mass is 9.79. The van der Waals surface area contributed by atoms with Crippen molar-refractivity contribution in [3.8, 4) is 5.75 Å². The van der Waals surface area contributed by atoms with Gasteiger partial charge in [0.25, 0.3) is 0 Å². The number of nitrogens with one attached hydrogen (secondary N) is 2. The molecule has 0 amide bonds. The number of alkyl halides is 3. The monoisotopic (exact) mass is 499 g/mol. The fourth-order valence-corrected chi connectivity index (χ4v) is 6.08. The molecule has 1 aromatic heterocycles. The van der Waals surface area contributed by atoms with Gasteiger partial charge in [-0.3, -0.25) is 9.69 Å². The van der Waals surface area contributed by atoms with Crippen LogP contribution < -0.4 is 10.1 Å². The number of aromatic nitrogens is 1. The number of aromatic amines is 1. The molecular formula is C27H28F3N3O3. The minimum atomic E-state index is -4.74. The van der Waals surface area contributed by atoms with Crippen LogP contribution in [0.15, 0.2) is 48.5 Å². The van der Waals surface area contributed by atoms with E-state index in [4.69, 9.17) is 4.74 Å². The van der Waals surface area contributed by atoms with Crippen molar-refractivity contribution in [3.05, 3.63) is 65.4 Å². The minimum absolute atomic E-state index is 0.0636. The Hall–Kier alpha value is -3.04. The molecule has 2 N–H and O–H groups in total. The van der Waals surface area contributed by atoms with Crippen LogP contribution >= 0.6 is 0 Å². The molecule has 0 spiro atoms. The Balaban J connectivity index is 1.42. The highest BCUT2D eigenvalue weighted by Gasteiger charge is 2.48. The summed E-state index contributed by atoms with van der Waals surface area (Å²) >= 11 is 0. The fraction of sp³-hybridized carbons (Fsp3) is 0.444. The van der Waals surface area contributed by atoms with E-state index in [9.17, 15) is 18.0 Å². The Kier molecular flexibility index (Phi) is 5.72. The molecule has 3 aromatic rings. The maximum Gasteiger partial charge on any atom is 0.573 e. The Morgan fingerprint density at radius 3 is 2.44 bits per heavy atom. The van der Waals surface area contributed by atoms with Crippen LogP contribution in [-0.2, 0) is 16.0 Å². The van der Waals surface area contributed by atoms with Gasteiger partial charge < -0.3 is 19.8 Å². The van der Waals surface area contributed by atoms with Gasteiger partial charge in [-0.15, -0.1) is 13.2 Å². The third-order valence-electron chi connectivity index (χ3n) is 7.69. The number of hydrogen-bond acceptors (Lipinski definition) is 5. The van der Waals surface area contributed by atoms with Crippen LogP contribution in [0.5, 0.6) is 5.75 Å². The largest absolute Gasteiger partial charge is 0.573 e. The Labute approximate surface area is 206 Å². The molecule has 36 heavy (non-hydrogen) atoms. The van der Waals surface area contributed by atoms with E-state index in [1.165, 1.54) is 19.2 Å². The average Bonchev–Trinajstić information content (AvgIpc) is 3.59. The first kappa shape index (κ1) is 23.4. The molecule has 6 nitrogen and oxygen atoms in total. The van der Waals surface area contributed by atoms with Crippen molar-refractivity contribution in [2.24, 2.45) is 0 Å². The molecule has 9 heteroatoms. The highest BCUT2D eigenvalue weighted by atomic mass is 19.4. The van der Waals surface area contributed by atoms with Crippen LogP contribution in [0.4, 0.5) is 13.2 Å². The Morgan fingerprint density at radius 2 is 1.75 bits per heavy atom. The summed E-state index contributed by atoms with van der Waals surface area (Å²) < 4.78 is 47.5. The molecule has 2 fully saturated rings. The number of carbonyl (C=O) groups is 1. The lowest BCUT2D eigenvalue weighted by Gasteiger charge is -2.50. The van der Waals surface area contributed by atoms with E-state index in [1.54, 1.807) is 12.1 Å². The van der Waals surface area contributed by atoms with Crippen LogP contribution in [-0.4, -0.2) is 47.5 Å². The quantitative estimate of drug-likeness (QED) is 0.475. The average molecular weight is 500 g/mol. The van der Waals surface area contributed by atoms with Gasteiger partial charge in [-0.1, -0.05) is 30.3 Å². The van der Waals surface area contributed by atoms with Gasteiger partial charge in [-0.2, -0.15) is 0 Å². The molecule has 3 heterocycles. The minimum Gasteiger partial charge on any atom is -0.468 e. The number of esters is 1. The number of methoxy groups -OCH3 is 1. The number of hydrogen-bond donors (Lipinski definition) is 2. The molecule has 190 valence electrons. The van der Waals surface area contributed by atoms with Crippen LogP contribution in [0, 0.1) is 0 Å². The van der Waals surface area contributed by atoms with E-state index in [-0.39, 0.29) is 29.8 Å². The smallest absolute Gasteiger partial charge is 0.468 e. The van der Waals surface area contributed by atoms with E-state index in [0.717, 1.165) is 53.4 Å². The van der Waals surface area contributed by atoms with Crippen molar-refractivity contribution >= 4 is 16.9 Å². The number of rotatable bonds is 5. The number of benzene rings is 2. The molecule has 0 bridgehead atoms. The van der Waals surface area contributed by atoms with Gasteiger partial charge in [0.05, 0.1) is 13.2 Å². The molecule has 2 aliphatic heterocycles. The predicted octanol–water partition coefficient (Wildman–Crippen LogP) is 5.16. The molecule has 1 saturated heterocycles. The van der Waals surface area contributed by atoms with Gasteiger partial charge in [-0.25, -0.2) is 0 Å². The molecule has 6 rings (SSSR count). The molecule has 0 unspecified atom stereocenters. The van der Waals surface area contributed by atoms with Crippen molar-refractivity contribution in [1.82, 2.24) is 15.2 Å². The van der Waals surface area contributed by atoms with Crippen LogP contribution in [0.2, 0.25) is 0 Å². The van der Waals surface area contributed by atoms with Gasteiger partial charge in [0.2, 0.25) is 0 Å². The first-order chi connectivity index (χ1) is 17.3. The third-order valence-corrected chi connectivity index (χ3v) is 7.69. The van der Waals surface area contributed by atoms with Crippen molar-refractivity contribution < 1.29 is 27.4 Å². The second-order valence-electron chi connectivity index (χ2n) is 10.0. The number of fused-ring (bicyclic) bond motifs is 5. The van der Waals surface area contributed by atoms with Gasteiger partial charge in [0.1, 0.15) is 11.8 Å². The predicted molar refractivity (Wildman–Crippen MR) is 127 cm³/mol. The number of carbonyl (C=O) groups excluding carboxylic acids is 1. The SMILES string of the molecule is COC(=O)[C@@H]1Cc2c([nH]c3ccccc23)[C@H]2C[C@@H](NC3CC3)C[C@@H](c3ccc(OC(F)(F)F)cc3)N21. The number of ether oxygens (including phenoxy) is 2. The summed E-state index contributed by atoms with van der Waals surface area (Å²) in [5.74, 6) is -0.557. The van der Waals surface area contributed by atoms with Crippen LogP contribution in [0.3, 0.4) is 0 Å². The van der Waals surface area contributed by atoms with E-state index in [0.29, 0.717) is 12.5 Å². The maximum atomic E-state index is 13.1. The number of piperidine rings is 1. The standard InChI is InChI=1S/C27H28F3N3O3/c1-35-26(34)24-14-20-19-4-2-3-5-21(19)32-25(20)23-13-17(31-16-8-9-16)12-22(33(23)24)15-6-10-18(11-7-15)36-27(28,29)30/h2-7,10-11,16-17,22-24,31-32H,8-9,12-14H2,1H3/t17-,22-,23+,24-/m0/s1. The molecule has 3 aliphatic rings. The topological polar surface area (TPSA) is 66.6 Å². The maximum absolute atomic E-state index is 13.1. The highest BCUT2D eigenvalue weighted by Crippen LogP contribution is 2.49. The van der Waals surface area contributed by atoms with Crippen molar-refractivity contribution in [1.29, 1.82) is 0 Å². The van der Waals surface area contributed by atoms with E-state index in [2.05, 4.69) is 26.0 Å². The zero-order valence-corrected chi connectivity index (χ0v) is 19.8. The third kappa shape index (κ3) is 4.35. The van der Waals surface area contributed by atoms with Gasteiger partial charge in [0.15, 0.2) is 0 Å². The number of nitrogens with zero attached hydrogens (tertiary/aromatic N) is 1. The Morgan fingerprint density at radius 1 is 1.03 bits per heavy atom. The summed E-state index contributed by atoms with van der Waals surface area (Å²) in [6.07, 6.45) is -0.353. The van der Waals surface area contributed by atoms with Crippen molar-refractivity contribution in [2.45, 2.75) is 68.7 Å². The summed E-state index contributed by atoms with van der Waals surface area (Å²) in [5.41, 5.74) is 4.14. The Bertz CT molecular complexity index is 1270. The van der Waals surface area contributed by atoms with E-state index < -0.39 is 12.4 Å². The highest BCUT2D eigenvalue weighted by molar-refractivity contribution is 5.87. The molecule has 1 aliphatic carbocycles. The molecule has 1 saturated carbocycles. The molecule has 4 atom stereocenters. The zero-order valence-electron chi connectivity index (χ0n) is 19.8.